The predicted octanol–water partition coefficient (Wildman–Crippen LogP) is 5.45. The Morgan fingerprint density at radius 3 is 2.29 bits per heavy atom. The fourth-order valence-corrected chi connectivity index (χ4v) is 5.19. The van der Waals surface area contributed by atoms with E-state index < -0.39 is 5.82 Å². The SMILES string of the molecule is O=C(c1ccccc1F)N1CCC2(CC1)CN(c1cccc(F)c1)C2c1ccccc1. The quantitative estimate of drug-likeness (QED) is 0.565. The minimum Gasteiger partial charge on any atom is -0.363 e. The Morgan fingerprint density at radius 1 is 0.871 bits per heavy atom. The van der Waals surface area contributed by atoms with Gasteiger partial charge in [0.1, 0.15) is 11.6 Å². The summed E-state index contributed by atoms with van der Waals surface area (Å²) in [7, 11) is 0. The van der Waals surface area contributed by atoms with Crippen molar-refractivity contribution < 1.29 is 13.6 Å². The average molecular weight is 418 g/mol. The number of likely N-dealkylation sites (tertiary alicyclic amines) is 1. The van der Waals surface area contributed by atoms with E-state index in [1.807, 2.05) is 24.3 Å². The second-order valence-electron chi connectivity index (χ2n) is 8.56. The minimum atomic E-state index is -0.476. The number of hydrogen-bond donors (Lipinski definition) is 0. The highest BCUT2D eigenvalue weighted by Crippen LogP contribution is 2.56. The van der Waals surface area contributed by atoms with Crippen molar-refractivity contribution in [3.63, 3.8) is 0 Å². The van der Waals surface area contributed by atoms with E-state index in [1.54, 1.807) is 35.2 Å². The molecule has 0 bridgehead atoms. The Hall–Kier alpha value is -3.21. The smallest absolute Gasteiger partial charge is 0.256 e. The molecular weight excluding hydrogens is 394 g/mol. The molecule has 158 valence electrons. The van der Waals surface area contributed by atoms with Crippen LogP contribution in [-0.2, 0) is 0 Å². The van der Waals surface area contributed by atoms with Gasteiger partial charge in [-0.2, -0.15) is 0 Å². The summed E-state index contributed by atoms with van der Waals surface area (Å²) in [6, 6.07) is 23.3. The van der Waals surface area contributed by atoms with Gasteiger partial charge in [0.2, 0.25) is 0 Å². The van der Waals surface area contributed by atoms with Crippen molar-refractivity contribution >= 4 is 11.6 Å². The number of anilines is 1. The number of carbonyl (C=O) groups is 1. The molecule has 0 radical (unpaired) electrons. The number of halogens is 2. The highest BCUT2D eigenvalue weighted by molar-refractivity contribution is 5.94. The van der Waals surface area contributed by atoms with Gasteiger partial charge >= 0.3 is 0 Å². The topological polar surface area (TPSA) is 23.6 Å². The van der Waals surface area contributed by atoms with Crippen LogP contribution in [0.1, 0.15) is 34.8 Å². The van der Waals surface area contributed by atoms with Crippen LogP contribution in [0.25, 0.3) is 0 Å². The fraction of sp³-hybridized carbons (Fsp3) is 0.269. The maximum atomic E-state index is 14.1. The van der Waals surface area contributed by atoms with E-state index in [1.165, 1.54) is 17.7 Å². The molecule has 2 aliphatic heterocycles. The van der Waals surface area contributed by atoms with Crippen LogP contribution in [0, 0.1) is 17.0 Å². The molecule has 5 rings (SSSR count). The van der Waals surface area contributed by atoms with Crippen molar-refractivity contribution in [3.05, 3.63) is 102 Å². The summed E-state index contributed by atoms with van der Waals surface area (Å²) in [4.78, 5) is 16.9. The lowest BCUT2D eigenvalue weighted by Crippen LogP contribution is -2.62. The molecule has 31 heavy (non-hydrogen) atoms. The van der Waals surface area contributed by atoms with Crippen LogP contribution in [0.5, 0.6) is 0 Å². The lowest BCUT2D eigenvalue weighted by atomic mass is 9.63. The predicted molar refractivity (Wildman–Crippen MR) is 117 cm³/mol. The lowest BCUT2D eigenvalue weighted by Gasteiger charge is -2.61. The van der Waals surface area contributed by atoms with Crippen molar-refractivity contribution in [2.45, 2.75) is 18.9 Å². The maximum Gasteiger partial charge on any atom is 0.256 e. The third kappa shape index (κ3) is 3.48. The van der Waals surface area contributed by atoms with Crippen LogP contribution in [0.2, 0.25) is 0 Å². The summed E-state index contributed by atoms with van der Waals surface area (Å²) in [5, 5.41) is 0. The average Bonchev–Trinajstić information content (AvgIpc) is 2.78. The third-order valence-electron chi connectivity index (χ3n) is 6.78. The van der Waals surface area contributed by atoms with Crippen LogP contribution in [0.3, 0.4) is 0 Å². The first-order chi connectivity index (χ1) is 15.1. The van der Waals surface area contributed by atoms with E-state index in [2.05, 4.69) is 17.0 Å². The highest BCUT2D eigenvalue weighted by Gasteiger charge is 2.54. The van der Waals surface area contributed by atoms with Gasteiger partial charge in [-0.05, 0) is 48.7 Å². The molecule has 3 nitrogen and oxygen atoms in total. The highest BCUT2D eigenvalue weighted by atomic mass is 19.1. The monoisotopic (exact) mass is 418 g/mol. The molecule has 2 fully saturated rings. The Labute approximate surface area is 180 Å². The van der Waals surface area contributed by atoms with Gasteiger partial charge in [0.15, 0.2) is 0 Å². The van der Waals surface area contributed by atoms with Gasteiger partial charge < -0.3 is 9.80 Å². The number of benzene rings is 3. The Balaban J connectivity index is 1.38. The first kappa shape index (κ1) is 19.7. The molecular formula is C26H24F2N2O. The van der Waals surface area contributed by atoms with Crippen molar-refractivity contribution in [1.29, 1.82) is 0 Å². The van der Waals surface area contributed by atoms with Crippen molar-refractivity contribution in [3.8, 4) is 0 Å². The van der Waals surface area contributed by atoms with Crippen molar-refractivity contribution in [2.75, 3.05) is 24.5 Å². The van der Waals surface area contributed by atoms with Gasteiger partial charge in [0, 0.05) is 30.7 Å². The van der Waals surface area contributed by atoms with Gasteiger partial charge in [-0.15, -0.1) is 0 Å². The molecule has 1 unspecified atom stereocenters. The van der Waals surface area contributed by atoms with Crippen molar-refractivity contribution in [2.24, 2.45) is 5.41 Å². The first-order valence-electron chi connectivity index (χ1n) is 10.7. The van der Waals surface area contributed by atoms with Crippen LogP contribution < -0.4 is 4.90 Å². The summed E-state index contributed by atoms with van der Waals surface area (Å²) in [6.45, 7) is 2.00. The molecule has 2 aliphatic rings. The second-order valence-corrected chi connectivity index (χ2v) is 8.56. The van der Waals surface area contributed by atoms with Crippen LogP contribution >= 0.6 is 0 Å². The zero-order chi connectivity index (χ0) is 21.4. The summed E-state index contributed by atoms with van der Waals surface area (Å²) >= 11 is 0. The lowest BCUT2D eigenvalue weighted by molar-refractivity contribution is 0.0268. The van der Waals surface area contributed by atoms with Gasteiger partial charge in [-0.3, -0.25) is 4.79 Å². The van der Waals surface area contributed by atoms with E-state index in [4.69, 9.17) is 0 Å². The maximum absolute atomic E-state index is 14.1. The standard InChI is InChI=1S/C26H24F2N2O/c27-20-9-6-10-21(17-20)30-18-26(24(30)19-7-2-1-3-8-19)13-15-29(16-14-26)25(31)22-11-4-5-12-23(22)28/h1-12,17,24H,13-16,18H2. The van der Waals surface area contributed by atoms with E-state index in [9.17, 15) is 13.6 Å². The third-order valence-corrected chi connectivity index (χ3v) is 6.78. The summed E-state index contributed by atoms with van der Waals surface area (Å²) in [5.41, 5.74) is 2.23. The molecule has 3 aromatic carbocycles. The van der Waals surface area contributed by atoms with E-state index in [0.29, 0.717) is 13.1 Å². The number of hydrogen-bond acceptors (Lipinski definition) is 2. The van der Waals surface area contributed by atoms with Crippen molar-refractivity contribution in [1.82, 2.24) is 4.90 Å². The molecule has 0 N–H and O–H groups in total. The molecule has 2 saturated heterocycles. The first-order valence-corrected chi connectivity index (χ1v) is 10.7. The Morgan fingerprint density at radius 2 is 1.58 bits per heavy atom. The van der Waals surface area contributed by atoms with Gasteiger partial charge in [-0.25, -0.2) is 8.78 Å². The number of amides is 1. The van der Waals surface area contributed by atoms with E-state index in [-0.39, 0.29) is 28.7 Å². The molecule has 3 aromatic rings. The minimum absolute atomic E-state index is 0.0136. The fourth-order valence-electron chi connectivity index (χ4n) is 5.19. The van der Waals surface area contributed by atoms with E-state index in [0.717, 1.165) is 25.1 Å². The zero-order valence-corrected chi connectivity index (χ0v) is 17.2. The molecule has 2 heterocycles. The van der Waals surface area contributed by atoms with Gasteiger partial charge in [-0.1, -0.05) is 48.5 Å². The molecule has 0 aliphatic carbocycles. The largest absolute Gasteiger partial charge is 0.363 e. The normalized spacial score (nSPS) is 19.9. The van der Waals surface area contributed by atoms with Crippen LogP contribution in [-0.4, -0.2) is 30.4 Å². The Bertz CT molecular complexity index is 1090. The number of nitrogens with zero attached hydrogens (tertiary/aromatic N) is 2. The Kier molecular flexibility index (Phi) is 4.97. The van der Waals surface area contributed by atoms with Gasteiger partial charge in [0.05, 0.1) is 11.6 Å². The summed E-state index contributed by atoms with van der Waals surface area (Å²) in [5.74, 6) is -0.961. The number of carbonyl (C=O) groups excluding carboxylic acids is 1. The summed E-state index contributed by atoms with van der Waals surface area (Å²) < 4.78 is 28.0. The molecule has 1 amide bonds. The van der Waals surface area contributed by atoms with E-state index >= 15 is 0 Å². The zero-order valence-electron chi connectivity index (χ0n) is 17.2. The molecule has 0 saturated carbocycles. The summed E-state index contributed by atoms with van der Waals surface area (Å²) in [6.07, 6.45) is 1.66. The molecule has 5 heteroatoms. The number of piperidine rings is 1. The van der Waals surface area contributed by atoms with Crippen LogP contribution in [0.4, 0.5) is 14.5 Å². The molecule has 0 aromatic heterocycles. The number of rotatable bonds is 3. The molecule has 1 atom stereocenters. The van der Waals surface area contributed by atoms with Gasteiger partial charge in [0.25, 0.3) is 5.91 Å². The second kappa shape index (κ2) is 7.80. The van der Waals surface area contributed by atoms with Crippen LogP contribution in [0.15, 0.2) is 78.9 Å². The molecule has 1 spiro atoms.